The first kappa shape index (κ1) is 32.2. The highest BCUT2D eigenvalue weighted by molar-refractivity contribution is 9.10. The molecule has 0 spiro atoms. The van der Waals surface area contributed by atoms with E-state index in [0.29, 0.717) is 54.5 Å². The second kappa shape index (κ2) is 15.5. The highest BCUT2D eigenvalue weighted by atomic mass is 79.9. The summed E-state index contributed by atoms with van der Waals surface area (Å²) in [4.78, 5) is 0. The van der Waals surface area contributed by atoms with Crippen molar-refractivity contribution in [2.75, 3.05) is 19.8 Å². The summed E-state index contributed by atoms with van der Waals surface area (Å²) in [5.41, 5.74) is 3.73. The Balaban J connectivity index is 2.32. The highest BCUT2D eigenvalue weighted by Crippen LogP contribution is 2.42. The van der Waals surface area contributed by atoms with Gasteiger partial charge in [0.2, 0.25) is 0 Å². The Morgan fingerprint density at radius 3 is 1.82 bits per heavy atom. The van der Waals surface area contributed by atoms with Crippen molar-refractivity contribution in [3.63, 3.8) is 0 Å². The normalized spacial score (nSPS) is 12.7. The summed E-state index contributed by atoms with van der Waals surface area (Å²) in [6.45, 7) is 23.4. The van der Waals surface area contributed by atoms with Gasteiger partial charge in [0.05, 0.1) is 0 Å². The van der Waals surface area contributed by atoms with Crippen LogP contribution in [0.1, 0.15) is 52.7 Å². The van der Waals surface area contributed by atoms with Crippen molar-refractivity contribution in [2.24, 2.45) is 0 Å². The van der Waals surface area contributed by atoms with E-state index in [1.165, 1.54) is 0 Å². The fraction of sp³-hybridized carbons (Fsp3) is 0.484. The Kier molecular flexibility index (Phi) is 13.1. The molecular weight excluding hydrogens is 558 g/mol. The first-order chi connectivity index (χ1) is 18.0. The van der Waals surface area contributed by atoms with Crippen LogP contribution in [0.2, 0.25) is 16.6 Å². The van der Waals surface area contributed by atoms with E-state index in [2.05, 4.69) is 75.9 Å². The summed E-state index contributed by atoms with van der Waals surface area (Å²) in [5.74, 6) is 1.69. The maximum Gasteiger partial charge on any atom is 0.200 e. The lowest BCUT2D eigenvalue weighted by atomic mass is 10.1. The third-order valence-electron chi connectivity index (χ3n) is 7.03. The van der Waals surface area contributed by atoms with Gasteiger partial charge in [0.1, 0.15) is 34.9 Å². The molecule has 2 aromatic rings. The Labute approximate surface area is 239 Å². The molecule has 38 heavy (non-hydrogen) atoms. The number of aromatic hydroxyl groups is 1. The minimum absolute atomic E-state index is 0.0846. The monoisotopic (exact) mass is 603 g/mol. The van der Waals surface area contributed by atoms with E-state index in [1.54, 1.807) is 24.3 Å². The lowest BCUT2D eigenvalue weighted by Crippen LogP contribution is -2.50. The van der Waals surface area contributed by atoms with E-state index in [4.69, 9.17) is 13.9 Å². The van der Waals surface area contributed by atoms with Crippen LogP contribution >= 0.6 is 15.9 Å². The maximum atomic E-state index is 9.76. The first-order valence-electron chi connectivity index (χ1n) is 13.5. The van der Waals surface area contributed by atoms with Crippen molar-refractivity contribution < 1.29 is 19.0 Å². The number of benzene rings is 2. The largest absolute Gasteiger partial charge is 0.508 e. The molecule has 0 radical (unpaired) electrons. The van der Waals surface area contributed by atoms with Gasteiger partial charge in [-0.2, -0.15) is 0 Å². The van der Waals surface area contributed by atoms with Crippen LogP contribution in [-0.4, -0.2) is 39.3 Å². The molecule has 0 amide bonds. The van der Waals surface area contributed by atoms with E-state index >= 15 is 0 Å². The molecule has 7 heteroatoms. The van der Waals surface area contributed by atoms with E-state index < -0.39 is 8.32 Å². The summed E-state index contributed by atoms with van der Waals surface area (Å²) in [7, 11) is -2.03. The Bertz CT molecular complexity index is 968. The molecule has 1 unspecified atom stereocenters. The van der Waals surface area contributed by atoms with Gasteiger partial charge in [0.25, 0.3) is 0 Å². The van der Waals surface area contributed by atoms with Gasteiger partial charge in [0, 0.05) is 19.2 Å². The average Bonchev–Trinajstić information content (AvgIpc) is 2.87. The van der Waals surface area contributed by atoms with Gasteiger partial charge in [-0.1, -0.05) is 79.0 Å². The number of halogens is 1. The molecule has 210 valence electrons. The van der Waals surface area contributed by atoms with Crippen molar-refractivity contribution in [1.29, 1.82) is 0 Å². The molecule has 2 aromatic carbocycles. The Morgan fingerprint density at radius 2 is 1.37 bits per heavy atom. The Hall–Kier alpha value is -2.06. The predicted molar refractivity (Wildman–Crippen MR) is 165 cm³/mol. The van der Waals surface area contributed by atoms with Crippen molar-refractivity contribution >= 4 is 24.2 Å². The standard InChI is InChI=1S/C31H46BrNO4Si/c1-9-15-35-29-18-26(19-30(31(29)32)36-16-10-2)20-33-27(17-25-11-13-28(34)14-12-25)21-37-38(22(3)4,23(5)6)24(7)8/h9-14,18-19,22-24,27,33-34H,1-2,15-17,20-21H2,3-8H3. The van der Waals surface area contributed by atoms with Crippen LogP contribution in [0.5, 0.6) is 17.2 Å². The zero-order valence-corrected chi connectivity index (χ0v) is 26.5. The summed E-state index contributed by atoms with van der Waals surface area (Å²) < 4.78 is 19.5. The smallest absolute Gasteiger partial charge is 0.200 e. The van der Waals surface area contributed by atoms with Crippen LogP contribution in [0.15, 0.2) is 66.2 Å². The van der Waals surface area contributed by atoms with Crippen LogP contribution < -0.4 is 14.8 Å². The molecule has 0 bridgehead atoms. The molecular formula is C31H46BrNO4Si. The van der Waals surface area contributed by atoms with Crippen LogP contribution in [0.4, 0.5) is 0 Å². The first-order valence-corrected chi connectivity index (χ1v) is 16.4. The molecule has 0 aliphatic heterocycles. The van der Waals surface area contributed by atoms with Gasteiger partial charge in [0.15, 0.2) is 8.32 Å². The maximum absolute atomic E-state index is 9.76. The average molecular weight is 605 g/mol. The fourth-order valence-corrected chi connectivity index (χ4v) is 11.3. The zero-order valence-electron chi connectivity index (χ0n) is 23.9. The van der Waals surface area contributed by atoms with Gasteiger partial charge >= 0.3 is 0 Å². The number of phenolic OH excluding ortho intramolecular Hbond substituents is 1. The number of phenols is 1. The SMILES string of the molecule is C=CCOc1cc(CNC(CO[Si](C(C)C)(C(C)C)C(C)C)Cc2ccc(O)cc2)cc(OCC=C)c1Br. The second-order valence-corrected chi connectivity index (χ2v) is 16.9. The van der Waals surface area contributed by atoms with Gasteiger partial charge in [-0.25, -0.2) is 0 Å². The molecule has 5 nitrogen and oxygen atoms in total. The lowest BCUT2D eigenvalue weighted by Gasteiger charge is -2.43. The minimum atomic E-state index is -2.03. The molecule has 0 saturated carbocycles. The number of nitrogens with one attached hydrogen (secondary N) is 1. The Morgan fingerprint density at radius 1 is 0.868 bits per heavy atom. The summed E-state index contributed by atoms with van der Waals surface area (Å²) in [6.07, 6.45) is 4.23. The summed E-state index contributed by atoms with van der Waals surface area (Å²) in [5, 5.41) is 13.5. The van der Waals surface area contributed by atoms with Crippen LogP contribution in [-0.2, 0) is 17.4 Å². The third-order valence-corrected chi connectivity index (χ3v) is 13.9. The van der Waals surface area contributed by atoms with Crippen LogP contribution in [0.25, 0.3) is 0 Å². The molecule has 0 aliphatic carbocycles. The molecule has 0 heterocycles. The van der Waals surface area contributed by atoms with Crippen molar-refractivity contribution in [3.8, 4) is 17.2 Å². The fourth-order valence-electron chi connectivity index (χ4n) is 5.35. The third kappa shape index (κ3) is 8.73. The number of ether oxygens (including phenoxy) is 2. The van der Waals surface area contributed by atoms with Gasteiger partial charge < -0.3 is 24.3 Å². The van der Waals surface area contributed by atoms with Crippen molar-refractivity contribution in [3.05, 3.63) is 77.3 Å². The van der Waals surface area contributed by atoms with Gasteiger partial charge in [-0.05, 0) is 74.4 Å². The van der Waals surface area contributed by atoms with E-state index in [1.807, 2.05) is 24.3 Å². The molecule has 2 N–H and O–H groups in total. The minimum Gasteiger partial charge on any atom is -0.508 e. The molecule has 0 saturated heterocycles. The topological polar surface area (TPSA) is 60.0 Å². The lowest BCUT2D eigenvalue weighted by molar-refractivity contribution is 0.232. The molecule has 0 aromatic heterocycles. The van der Waals surface area contributed by atoms with Crippen molar-refractivity contribution in [1.82, 2.24) is 5.32 Å². The predicted octanol–water partition coefficient (Wildman–Crippen LogP) is 8.18. The number of rotatable bonds is 17. The second-order valence-electron chi connectivity index (χ2n) is 10.7. The number of hydrogen-bond donors (Lipinski definition) is 2. The number of hydrogen-bond acceptors (Lipinski definition) is 5. The quantitative estimate of drug-likeness (QED) is 0.141. The van der Waals surface area contributed by atoms with Gasteiger partial charge in [-0.3, -0.25) is 0 Å². The van der Waals surface area contributed by atoms with Crippen molar-refractivity contribution in [2.45, 2.75) is 77.2 Å². The molecule has 2 rings (SSSR count). The van der Waals surface area contributed by atoms with E-state index in [-0.39, 0.29) is 11.8 Å². The molecule has 1 atom stereocenters. The highest BCUT2D eigenvalue weighted by Gasteiger charge is 2.45. The zero-order chi connectivity index (χ0) is 28.3. The van der Waals surface area contributed by atoms with E-state index in [0.717, 1.165) is 22.0 Å². The van der Waals surface area contributed by atoms with Crippen LogP contribution in [0.3, 0.4) is 0 Å². The van der Waals surface area contributed by atoms with Crippen LogP contribution in [0, 0.1) is 0 Å². The van der Waals surface area contributed by atoms with E-state index in [9.17, 15) is 5.11 Å². The summed E-state index contributed by atoms with van der Waals surface area (Å²) in [6, 6.07) is 11.6. The van der Waals surface area contributed by atoms with Gasteiger partial charge in [-0.15, -0.1) is 0 Å². The molecule has 0 aliphatic rings. The summed E-state index contributed by atoms with van der Waals surface area (Å²) >= 11 is 3.62. The molecule has 0 fully saturated rings.